The van der Waals surface area contributed by atoms with Gasteiger partial charge in [-0.2, -0.15) is 4.39 Å². The lowest BCUT2D eigenvalue weighted by Gasteiger charge is -2.45. The van der Waals surface area contributed by atoms with Gasteiger partial charge >= 0.3 is 0 Å². The van der Waals surface area contributed by atoms with Gasteiger partial charge in [-0.3, -0.25) is 14.4 Å². The van der Waals surface area contributed by atoms with Gasteiger partial charge in [-0.15, -0.1) is 0 Å². The monoisotopic (exact) mass is 746 g/mol. The number of ether oxygens (including phenoxy) is 3. The molecule has 7 rings (SSSR count). The van der Waals surface area contributed by atoms with Crippen molar-refractivity contribution in [1.82, 2.24) is 20.4 Å². The number of hydrogen-bond donors (Lipinski definition) is 2. The third kappa shape index (κ3) is 8.57. The van der Waals surface area contributed by atoms with E-state index in [4.69, 9.17) is 14.2 Å². The Morgan fingerprint density at radius 1 is 0.981 bits per heavy atom. The topological polar surface area (TPSA) is 109 Å². The highest BCUT2D eigenvalue weighted by molar-refractivity contribution is 6.03. The first-order chi connectivity index (χ1) is 26.2. The van der Waals surface area contributed by atoms with E-state index < -0.39 is 35.3 Å². The number of hydrogen-bond acceptors (Lipinski definition) is 8. The minimum Gasteiger partial charge on any atom is -0.492 e. The van der Waals surface area contributed by atoms with Crippen molar-refractivity contribution in [1.29, 1.82) is 0 Å². The molecule has 2 saturated heterocycles. The van der Waals surface area contributed by atoms with Gasteiger partial charge in [-0.05, 0) is 85.6 Å². The second kappa shape index (κ2) is 16.6. The van der Waals surface area contributed by atoms with Crippen LogP contribution in [0.5, 0.6) is 11.5 Å². The minimum atomic E-state index is -1.34. The maximum Gasteiger partial charge on any atom is 0.293 e. The molecule has 0 aromatic heterocycles. The van der Waals surface area contributed by atoms with Crippen LogP contribution in [0.25, 0.3) is 5.57 Å². The number of nitrogens with zero attached hydrogens (tertiary/aromatic N) is 2. The summed E-state index contributed by atoms with van der Waals surface area (Å²) in [5.74, 6) is -3.57. The molecule has 10 nitrogen and oxygen atoms in total. The maximum absolute atomic E-state index is 14.8. The standard InChI is InChI=1S/C41H45F3N4O6/c1-25-4-2-6-30(18-25)52-17-15-48(29-11-12-29)41(51)37-32(19-28-22-47(23-36(37)46-28)40(50)35-20-31(21-45-35)54-24-49)27-9-7-26(8-10-27)5-3-16-53-39-34(43)14-13-33(42)38(39)44/h2,4,6-10,13-14,18,24,28-29,31,35-36,45-46H,3,5,11-12,15-17,19-23H2,1H3/t28-,31+,35?,36-/m0/s1. The van der Waals surface area contributed by atoms with Gasteiger partial charge in [0.1, 0.15) is 18.5 Å². The molecule has 4 aliphatic rings. The van der Waals surface area contributed by atoms with Crippen LogP contribution in [0.15, 0.2) is 66.2 Å². The second-order valence-electron chi connectivity index (χ2n) is 14.5. The number of piperazine rings is 1. The molecule has 1 aliphatic carbocycles. The normalized spacial score (nSPS) is 22.2. The molecule has 4 atom stereocenters. The Kier molecular flexibility index (Phi) is 11.5. The fourth-order valence-electron chi connectivity index (χ4n) is 7.76. The van der Waals surface area contributed by atoms with E-state index in [1.165, 1.54) is 0 Å². The second-order valence-corrected chi connectivity index (χ2v) is 14.5. The molecular weight excluding hydrogens is 701 g/mol. The van der Waals surface area contributed by atoms with Gasteiger partial charge in [-0.1, -0.05) is 36.4 Å². The van der Waals surface area contributed by atoms with Crippen molar-refractivity contribution < 1.29 is 41.8 Å². The van der Waals surface area contributed by atoms with Gasteiger partial charge in [0.15, 0.2) is 17.4 Å². The molecular formula is C41H45F3N4O6. The largest absolute Gasteiger partial charge is 0.492 e. The van der Waals surface area contributed by atoms with E-state index in [9.17, 15) is 27.6 Å². The number of halogens is 3. The molecule has 0 spiro atoms. The van der Waals surface area contributed by atoms with Gasteiger partial charge in [0.25, 0.3) is 12.4 Å². The van der Waals surface area contributed by atoms with Crippen LogP contribution < -0.4 is 20.1 Å². The van der Waals surface area contributed by atoms with E-state index >= 15 is 0 Å². The number of fused-ring (bicyclic) bond motifs is 2. The number of aryl methyl sites for hydroxylation is 2. The summed E-state index contributed by atoms with van der Waals surface area (Å²) in [5.41, 5.74) is 4.56. The summed E-state index contributed by atoms with van der Waals surface area (Å²) < 4.78 is 58.0. The Morgan fingerprint density at radius 3 is 2.54 bits per heavy atom. The number of rotatable bonds is 15. The summed E-state index contributed by atoms with van der Waals surface area (Å²) in [6, 6.07) is 16.5. The van der Waals surface area contributed by atoms with Crippen molar-refractivity contribution in [3.8, 4) is 11.5 Å². The Labute approximate surface area is 312 Å². The molecule has 3 aromatic rings. The zero-order valence-corrected chi connectivity index (χ0v) is 30.2. The summed E-state index contributed by atoms with van der Waals surface area (Å²) in [6.45, 7) is 4.38. The first-order valence-corrected chi connectivity index (χ1v) is 18.6. The van der Waals surface area contributed by atoms with E-state index in [1.807, 2.05) is 65.3 Å². The van der Waals surface area contributed by atoms with Crippen molar-refractivity contribution in [3.05, 3.63) is 100 Å². The predicted molar refractivity (Wildman–Crippen MR) is 194 cm³/mol. The lowest BCUT2D eigenvalue weighted by Crippen LogP contribution is -2.63. The average molecular weight is 747 g/mol. The van der Waals surface area contributed by atoms with E-state index in [1.54, 1.807) is 0 Å². The zero-order chi connectivity index (χ0) is 37.8. The van der Waals surface area contributed by atoms with Gasteiger partial charge in [0.05, 0.1) is 25.2 Å². The van der Waals surface area contributed by atoms with Gasteiger partial charge < -0.3 is 34.6 Å². The molecule has 2 N–H and O–H groups in total. The first kappa shape index (κ1) is 37.4. The zero-order valence-electron chi connectivity index (χ0n) is 30.2. The van der Waals surface area contributed by atoms with Crippen molar-refractivity contribution in [2.75, 3.05) is 39.4 Å². The number of amides is 2. The highest BCUT2D eigenvalue weighted by Crippen LogP contribution is 2.37. The number of benzene rings is 3. The summed E-state index contributed by atoms with van der Waals surface area (Å²) in [5, 5.41) is 6.84. The molecule has 54 heavy (non-hydrogen) atoms. The lowest BCUT2D eigenvalue weighted by atomic mass is 9.82. The van der Waals surface area contributed by atoms with Crippen LogP contribution >= 0.6 is 0 Å². The SMILES string of the molecule is Cc1cccc(OCCN(C(=O)C2=C(c3ccc(CCCOc4c(F)ccc(F)c4F)cc3)C[C@H]3CN(C(=O)C4C[C@@H](OC=O)CN4)C[C@@H]2N3)C2CC2)c1. The molecule has 0 radical (unpaired) electrons. The van der Waals surface area contributed by atoms with Crippen LogP contribution in [0.1, 0.15) is 48.8 Å². The molecule has 286 valence electrons. The first-order valence-electron chi connectivity index (χ1n) is 18.6. The summed E-state index contributed by atoms with van der Waals surface area (Å²) in [6.07, 6.45) is 3.41. The van der Waals surface area contributed by atoms with E-state index in [-0.39, 0.29) is 36.6 Å². The van der Waals surface area contributed by atoms with Gasteiger partial charge in [0.2, 0.25) is 11.7 Å². The Morgan fingerprint density at radius 2 is 1.78 bits per heavy atom. The Bertz CT molecular complexity index is 1890. The van der Waals surface area contributed by atoms with Crippen molar-refractivity contribution in [2.45, 2.75) is 75.7 Å². The Balaban J connectivity index is 1.09. The molecule has 13 heteroatoms. The maximum atomic E-state index is 14.8. The molecule has 1 saturated carbocycles. The van der Waals surface area contributed by atoms with E-state index in [2.05, 4.69) is 10.6 Å². The summed E-state index contributed by atoms with van der Waals surface area (Å²) >= 11 is 0. The molecule has 3 heterocycles. The molecule has 3 aliphatic heterocycles. The summed E-state index contributed by atoms with van der Waals surface area (Å²) in [4.78, 5) is 43.1. The molecule has 3 fully saturated rings. The summed E-state index contributed by atoms with van der Waals surface area (Å²) in [7, 11) is 0. The third-order valence-corrected chi connectivity index (χ3v) is 10.6. The highest BCUT2D eigenvalue weighted by Gasteiger charge is 2.44. The van der Waals surface area contributed by atoms with Crippen molar-refractivity contribution >= 4 is 23.9 Å². The van der Waals surface area contributed by atoms with Crippen LogP contribution in [-0.4, -0.2) is 97.8 Å². The van der Waals surface area contributed by atoms with Crippen LogP contribution in [0.2, 0.25) is 0 Å². The van der Waals surface area contributed by atoms with Crippen molar-refractivity contribution in [3.63, 3.8) is 0 Å². The lowest BCUT2D eigenvalue weighted by molar-refractivity contribution is -0.137. The van der Waals surface area contributed by atoms with Crippen LogP contribution in [0.3, 0.4) is 0 Å². The predicted octanol–water partition coefficient (Wildman–Crippen LogP) is 4.72. The van der Waals surface area contributed by atoms with Crippen molar-refractivity contribution in [2.24, 2.45) is 0 Å². The van der Waals surface area contributed by atoms with Gasteiger partial charge in [-0.25, -0.2) is 8.78 Å². The number of carbonyl (C=O) groups is 3. The molecule has 2 bridgehead atoms. The number of carbonyl (C=O) groups excluding carboxylic acids is 3. The Hall–Kier alpha value is -4.88. The highest BCUT2D eigenvalue weighted by atomic mass is 19.2. The fraction of sp³-hybridized carbons (Fsp3) is 0.439. The quantitative estimate of drug-likeness (QED) is 0.131. The van der Waals surface area contributed by atoms with Crippen LogP contribution in [0.4, 0.5) is 13.2 Å². The van der Waals surface area contributed by atoms with Gasteiger partial charge in [0, 0.05) is 43.7 Å². The number of nitrogens with one attached hydrogen (secondary N) is 2. The van der Waals surface area contributed by atoms with E-state index in [0.717, 1.165) is 53.0 Å². The molecule has 2 amide bonds. The fourth-order valence-corrected chi connectivity index (χ4v) is 7.76. The third-order valence-electron chi connectivity index (χ3n) is 10.6. The minimum absolute atomic E-state index is 0.00115. The smallest absolute Gasteiger partial charge is 0.293 e. The van der Waals surface area contributed by atoms with Crippen LogP contribution in [0, 0.1) is 24.4 Å². The molecule has 3 aromatic carbocycles. The average Bonchev–Trinajstić information content (AvgIpc) is 3.90. The van der Waals surface area contributed by atoms with Crippen LogP contribution in [-0.2, 0) is 25.5 Å². The molecule has 1 unspecified atom stereocenters. The van der Waals surface area contributed by atoms with E-state index in [0.29, 0.717) is 70.5 Å².